The molecule has 0 radical (unpaired) electrons. The van der Waals surface area contributed by atoms with Gasteiger partial charge < -0.3 is 20.2 Å². The number of benzene rings is 2. The summed E-state index contributed by atoms with van der Waals surface area (Å²) in [4.78, 5) is 19.0. The number of carbonyl (C=O) groups excluding carboxylic acids is 1. The molecule has 4 N–H and O–H groups in total. The van der Waals surface area contributed by atoms with E-state index in [0.29, 0.717) is 22.5 Å². The van der Waals surface area contributed by atoms with Crippen LogP contribution in [0.25, 0.3) is 22.4 Å². The van der Waals surface area contributed by atoms with E-state index in [0.717, 1.165) is 16.6 Å². The van der Waals surface area contributed by atoms with Gasteiger partial charge in [0.15, 0.2) is 0 Å². The predicted molar refractivity (Wildman–Crippen MR) is 92.8 cm³/mol. The van der Waals surface area contributed by atoms with Gasteiger partial charge in [-0.05, 0) is 29.8 Å². The Hall–Kier alpha value is -3.38. The minimum Gasteiger partial charge on any atom is -0.472 e. The Morgan fingerprint density at radius 3 is 2.60 bits per heavy atom. The first-order valence-electron chi connectivity index (χ1n) is 7.72. The minimum absolute atomic E-state index is 0.420. The molecule has 0 spiro atoms. The highest BCUT2D eigenvalue weighted by molar-refractivity contribution is 5.96. The first kappa shape index (κ1) is 15.2. The number of nitrogens with zero attached hydrogens (tertiary/aromatic N) is 1. The number of imidazole rings is 1. The lowest BCUT2D eigenvalue weighted by molar-refractivity contribution is 0.100. The van der Waals surface area contributed by atoms with Crippen molar-refractivity contribution in [3.8, 4) is 11.4 Å². The van der Waals surface area contributed by atoms with Crippen molar-refractivity contribution in [2.45, 2.75) is 6.10 Å². The topological polar surface area (TPSA) is 105 Å². The smallest absolute Gasteiger partial charge is 0.248 e. The van der Waals surface area contributed by atoms with Crippen LogP contribution in [0.2, 0.25) is 0 Å². The molecule has 0 aliphatic heterocycles. The molecule has 0 saturated carbocycles. The summed E-state index contributed by atoms with van der Waals surface area (Å²) in [6, 6.07) is 14.3. The van der Waals surface area contributed by atoms with Gasteiger partial charge in [0.1, 0.15) is 11.9 Å². The highest BCUT2D eigenvalue weighted by Gasteiger charge is 2.13. The second-order valence-electron chi connectivity index (χ2n) is 5.76. The van der Waals surface area contributed by atoms with Gasteiger partial charge in [0.25, 0.3) is 0 Å². The van der Waals surface area contributed by atoms with Crippen molar-refractivity contribution in [3.05, 3.63) is 77.7 Å². The van der Waals surface area contributed by atoms with Crippen LogP contribution in [0, 0.1) is 0 Å². The number of aliphatic hydroxyl groups is 1. The predicted octanol–water partition coefficient (Wildman–Crippen LogP) is 3.00. The molecule has 4 rings (SSSR count). The van der Waals surface area contributed by atoms with Gasteiger partial charge in [-0.15, -0.1) is 0 Å². The fourth-order valence-corrected chi connectivity index (χ4v) is 2.74. The number of nitrogens with one attached hydrogen (secondary N) is 1. The number of primary amides is 1. The highest BCUT2D eigenvalue weighted by Crippen LogP contribution is 2.26. The average Bonchev–Trinajstić information content (AvgIpc) is 3.30. The van der Waals surface area contributed by atoms with Gasteiger partial charge in [0.2, 0.25) is 5.91 Å². The molecule has 0 aliphatic carbocycles. The summed E-state index contributed by atoms with van der Waals surface area (Å²) in [6.45, 7) is 0. The summed E-state index contributed by atoms with van der Waals surface area (Å²) in [6.07, 6.45) is 2.32. The summed E-state index contributed by atoms with van der Waals surface area (Å²) in [7, 11) is 0. The van der Waals surface area contributed by atoms with Crippen LogP contribution in [0.3, 0.4) is 0 Å². The molecule has 0 aliphatic rings. The van der Waals surface area contributed by atoms with Crippen molar-refractivity contribution in [2.24, 2.45) is 5.73 Å². The minimum atomic E-state index is -0.735. The van der Waals surface area contributed by atoms with E-state index >= 15 is 0 Å². The molecule has 6 heteroatoms. The molecule has 2 aromatic heterocycles. The Kier molecular flexibility index (Phi) is 3.59. The van der Waals surface area contributed by atoms with Crippen LogP contribution >= 0.6 is 0 Å². The number of rotatable bonds is 4. The van der Waals surface area contributed by atoms with Crippen molar-refractivity contribution in [2.75, 3.05) is 0 Å². The zero-order valence-corrected chi connectivity index (χ0v) is 13.1. The van der Waals surface area contributed by atoms with Crippen LogP contribution in [-0.2, 0) is 0 Å². The fourth-order valence-electron chi connectivity index (χ4n) is 2.74. The summed E-state index contributed by atoms with van der Waals surface area (Å²) in [5.41, 5.74) is 9.56. The molecule has 1 atom stereocenters. The maximum absolute atomic E-state index is 11.3. The molecular formula is C19H15N3O3. The number of hydrogen-bond acceptors (Lipinski definition) is 4. The molecule has 2 aromatic carbocycles. The summed E-state index contributed by atoms with van der Waals surface area (Å²) in [5, 5.41) is 10.3. The number of aliphatic hydroxyl groups excluding tert-OH is 1. The molecule has 25 heavy (non-hydrogen) atoms. The molecular weight excluding hydrogens is 318 g/mol. The monoisotopic (exact) mass is 333 g/mol. The Morgan fingerprint density at radius 1 is 1.12 bits per heavy atom. The van der Waals surface area contributed by atoms with E-state index in [4.69, 9.17) is 10.2 Å². The molecule has 1 amide bonds. The number of H-pyrrole nitrogens is 1. The van der Waals surface area contributed by atoms with Crippen LogP contribution in [-0.4, -0.2) is 21.0 Å². The van der Waals surface area contributed by atoms with Crippen LogP contribution in [0.4, 0.5) is 0 Å². The third-order valence-corrected chi connectivity index (χ3v) is 4.13. The summed E-state index contributed by atoms with van der Waals surface area (Å²) >= 11 is 0. The SMILES string of the molecule is NC(=O)c1ccc2[nH]c(-c3ccc(C(O)c4ccoc4)cc3)nc2c1. The number of hydrogen-bond donors (Lipinski definition) is 3. The highest BCUT2D eigenvalue weighted by atomic mass is 16.3. The lowest BCUT2D eigenvalue weighted by atomic mass is 10.0. The van der Waals surface area contributed by atoms with Crippen LogP contribution < -0.4 is 5.73 Å². The van der Waals surface area contributed by atoms with Gasteiger partial charge in [0.05, 0.1) is 23.6 Å². The summed E-state index contributed by atoms with van der Waals surface area (Å²) < 4.78 is 5.00. The molecule has 4 aromatic rings. The van der Waals surface area contributed by atoms with Gasteiger partial charge in [-0.3, -0.25) is 4.79 Å². The Morgan fingerprint density at radius 2 is 1.92 bits per heavy atom. The van der Waals surface area contributed by atoms with E-state index in [1.165, 1.54) is 12.5 Å². The quantitative estimate of drug-likeness (QED) is 0.534. The Balaban J connectivity index is 1.65. The first-order chi connectivity index (χ1) is 12.1. The van der Waals surface area contributed by atoms with Crippen molar-refractivity contribution in [1.82, 2.24) is 9.97 Å². The first-order valence-corrected chi connectivity index (χ1v) is 7.72. The normalized spacial score (nSPS) is 12.4. The number of aromatic nitrogens is 2. The molecule has 1 unspecified atom stereocenters. The van der Waals surface area contributed by atoms with Crippen molar-refractivity contribution >= 4 is 16.9 Å². The molecule has 124 valence electrons. The van der Waals surface area contributed by atoms with Gasteiger partial charge in [-0.2, -0.15) is 0 Å². The van der Waals surface area contributed by atoms with E-state index in [-0.39, 0.29) is 0 Å². The van der Waals surface area contributed by atoms with Gasteiger partial charge in [-0.1, -0.05) is 24.3 Å². The Bertz CT molecular complexity index is 1030. The standard InChI is InChI=1S/C19H15N3O3/c20-18(24)13-5-6-15-16(9-13)22-19(21-15)12-3-1-11(2-4-12)17(23)14-7-8-25-10-14/h1-10,17,23H,(H2,20,24)(H,21,22). The second kappa shape index (κ2) is 5.92. The molecule has 0 bridgehead atoms. The third-order valence-electron chi connectivity index (χ3n) is 4.13. The zero-order valence-electron chi connectivity index (χ0n) is 13.1. The second-order valence-corrected chi connectivity index (χ2v) is 5.76. The van der Waals surface area contributed by atoms with Crippen LogP contribution in [0.1, 0.15) is 27.6 Å². The van der Waals surface area contributed by atoms with Crippen molar-refractivity contribution < 1.29 is 14.3 Å². The third kappa shape index (κ3) is 2.79. The number of aromatic amines is 1. The molecule has 0 saturated heterocycles. The average molecular weight is 333 g/mol. The van der Waals surface area contributed by atoms with E-state index < -0.39 is 12.0 Å². The number of carbonyl (C=O) groups is 1. The van der Waals surface area contributed by atoms with Crippen molar-refractivity contribution in [3.63, 3.8) is 0 Å². The van der Waals surface area contributed by atoms with Crippen LogP contribution in [0.15, 0.2) is 65.5 Å². The van der Waals surface area contributed by atoms with Gasteiger partial charge in [0, 0.05) is 16.7 Å². The van der Waals surface area contributed by atoms with E-state index in [1.807, 2.05) is 24.3 Å². The van der Waals surface area contributed by atoms with Crippen LogP contribution in [0.5, 0.6) is 0 Å². The lowest BCUT2D eigenvalue weighted by Gasteiger charge is -2.09. The van der Waals surface area contributed by atoms with Crippen molar-refractivity contribution in [1.29, 1.82) is 0 Å². The Labute approximate surface area is 142 Å². The lowest BCUT2D eigenvalue weighted by Crippen LogP contribution is -2.10. The maximum atomic E-state index is 11.3. The number of amides is 1. The number of nitrogens with two attached hydrogens (primary N) is 1. The van der Waals surface area contributed by atoms with E-state index in [9.17, 15) is 9.90 Å². The number of furan rings is 1. The molecule has 0 fully saturated rings. The number of fused-ring (bicyclic) bond motifs is 1. The van der Waals surface area contributed by atoms with E-state index in [1.54, 1.807) is 24.3 Å². The zero-order chi connectivity index (χ0) is 17.4. The molecule has 6 nitrogen and oxygen atoms in total. The summed E-state index contributed by atoms with van der Waals surface area (Å²) in [5.74, 6) is 0.199. The molecule has 2 heterocycles. The van der Waals surface area contributed by atoms with Gasteiger partial charge in [-0.25, -0.2) is 4.98 Å². The van der Waals surface area contributed by atoms with E-state index in [2.05, 4.69) is 9.97 Å². The largest absolute Gasteiger partial charge is 0.472 e. The van der Waals surface area contributed by atoms with Gasteiger partial charge >= 0.3 is 0 Å². The maximum Gasteiger partial charge on any atom is 0.248 e. The fraction of sp³-hybridized carbons (Fsp3) is 0.0526.